The third kappa shape index (κ3) is 4.35. The summed E-state index contributed by atoms with van der Waals surface area (Å²) < 4.78 is 0. The number of rotatable bonds is 4. The Labute approximate surface area is 158 Å². The van der Waals surface area contributed by atoms with Gasteiger partial charge in [0.2, 0.25) is 5.91 Å². The average molecular weight is 372 g/mol. The van der Waals surface area contributed by atoms with Crippen LogP contribution in [0.3, 0.4) is 0 Å². The Hall–Kier alpha value is -2.53. The van der Waals surface area contributed by atoms with Crippen molar-refractivity contribution in [3.05, 3.63) is 59.1 Å². The molecule has 0 aliphatic carbocycles. The maximum atomic E-state index is 12.6. The number of carbonyl (C=O) groups is 2. The van der Waals surface area contributed by atoms with Crippen LogP contribution in [0.2, 0.25) is 5.02 Å². The molecule has 0 saturated carbocycles. The highest BCUT2D eigenvalue weighted by molar-refractivity contribution is 6.30. The van der Waals surface area contributed by atoms with Crippen LogP contribution < -0.4 is 10.6 Å². The smallest absolute Gasteiger partial charge is 0.322 e. The predicted molar refractivity (Wildman–Crippen MR) is 105 cm³/mol. The molecule has 1 atom stereocenters. The fourth-order valence-electron chi connectivity index (χ4n) is 3.09. The van der Waals surface area contributed by atoms with Gasteiger partial charge in [0.25, 0.3) is 0 Å². The first kappa shape index (κ1) is 18.3. The molecule has 6 heteroatoms. The van der Waals surface area contributed by atoms with E-state index in [1.165, 1.54) is 5.56 Å². The molecule has 26 heavy (non-hydrogen) atoms. The van der Waals surface area contributed by atoms with Crippen molar-refractivity contribution in [3.8, 4) is 0 Å². The SMILES string of the molecule is CCc1ccc(NC(=O)C2CCCN2C(=O)Nc2cccc(Cl)c2)cc1. The van der Waals surface area contributed by atoms with Crippen LogP contribution in [-0.2, 0) is 11.2 Å². The number of anilines is 2. The van der Waals surface area contributed by atoms with E-state index in [0.717, 1.165) is 18.5 Å². The molecule has 3 rings (SSSR count). The summed E-state index contributed by atoms with van der Waals surface area (Å²) >= 11 is 5.95. The van der Waals surface area contributed by atoms with Gasteiger partial charge in [0, 0.05) is 22.9 Å². The van der Waals surface area contributed by atoms with E-state index in [1.807, 2.05) is 24.3 Å². The molecule has 2 aromatic carbocycles. The van der Waals surface area contributed by atoms with Crippen LogP contribution >= 0.6 is 11.6 Å². The van der Waals surface area contributed by atoms with Gasteiger partial charge in [-0.05, 0) is 55.2 Å². The molecule has 0 radical (unpaired) electrons. The van der Waals surface area contributed by atoms with Crippen LogP contribution in [0.15, 0.2) is 48.5 Å². The average Bonchev–Trinajstić information content (AvgIpc) is 3.12. The topological polar surface area (TPSA) is 61.4 Å². The summed E-state index contributed by atoms with van der Waals surface area (Å²) in [5, 5.41) is 6.27. The fraction of sp³-hybridized carbons (Fsp3) is 0.300. The summed E-state index contributed by atoms with van der Waals surface area (Å²) in [6.07, 6.45) is 2.41. The van der Waals surface area contributed by atoms with Crippen LogP contribution in [0, 0.1) is 0 Å². The van der Waals surface area contributed by atoms with E-state index in [1.54, 1.807) is 29.2 Å². The molecule has 1 heterocycles. The molecular weight excluding hydrogens is 350 g/mol. The molecule has 2 N–H and O–H groups in total. The van der Waals surface area contributed by atoms with E-state index in [9.17, 15) is 9.59 Å². The van der Waals surface area contributed by atoms with Gasteiger partial charge in [-0.25, -0.2) is 4.79 Å². The molecular formula is C20H22ClN3O2. The number of likely N-dealkylation sites (tertiary alicyclic amines) is 1. The Morgan fingerprint density at radius 2 is 1.88 bits per heavy atom. The monoisotopic (exact) mass is 371 g/mol. The summed E-state index contributed by atoms with van der Waals surface area (Å²) in [6, 6.07) is 14.0. The number of aryl methyl sites for hydroxylation is 1. The van der Waals surface area contributed by atoms with Crippen LogP contribution in [0.4, 0.5) is 16.2 Å². The second kappa shape index (κ2) is 8.23. The van der Waals surface area contributed by atoms with Gasteiger partial charge in [-0.2, -0.15) is 0 Å². The maximum absolute atomic E-state index is 12.6. The highest BCUT2D eigenvalue weighted by Crippen LogP contribution is 2.22. The maximum Gasteiger partial charge on any atom is 0.322 e. The third-order valence-electron chi connectivity index (χ3n) is 4.52. The second-order valence-corrected chi connectivity index (χ2v) is 6.77. The van der Waals surface area contributed by atoms with Crippen molar-refractivity contribution in [2.24, 2.45) is 0 Å². The number of nitrogens with zero attached hydrogens (tertiary/aromatic N) is 1. The molecule has 0 bridgehead atoms. The zero-order valence-electron chi connectivity index (χ0n) is 14.7. The highest BCUT2D eigenvalue weighted by Gasteiger charge is 2.34. The number of nitrogens with one attached hydrogen (secondary N) is 2. The van der Waals surface area contributed by atoms with Crippen molar-refractivity contribution in [2.45, 2.75) is 32.2 Å². The number of hydrogen-bond donors (Lipinski definition) is 2. The Balaban J connectivity index is 1.64. The van der Waals surface area contributed by atoms with Gasteiger partial charge < -0.3 is 15.5 Å². The fourth-order valence-corrected chi connectivity index (χ4v) is 3.28. The number of halogens is 1. The van der Waals surface area contributed by atoms with E-state index in [4.69, 9.17) is 11.6 Å². The first-order chi connectivity index (χ1) is 12.6. The number of urea groups is 1. The molecule has 0 aromatic heterocycles. The molecule has 1 fully saturated rings. The van der Waals surface area contributed by atoms with E-state index in [2.05, 4.69) is 17.6 Å². The molecule has 0 spiro atoms. The Morgan fingerprint density at radius 1 is 1.12 bits per heavy atom. The number of hydrogen-bond acceptors (Lipinski definition) is 2. The van der Waals surface area contributed by atoms with E-state index in [-0.39, 0.29) is 11.9 Å². The van der Waals surface area contributed by atoms with Crippen LogP contribution in [0.25, 0.3) is 0 Å². The first-order valence-corrected chi connectivity index (χ1v) is 9.17. The van der Waals surface area contributed by atoms with Crippen LogP contribution in [0.5, 0.6) is 0 Å². The van der Waals surface area contributed by atoms with Crippen LogP contribution in [-0.4, -0.2) is 29.4 Å². The lowest BCUT2D eigenvalue weighted by atomic mass is 10.1. The lowest BCUT2D eigenvalue weighted by Crippen LogP contribution is -2.45. The van der Waals surface area contributed by atoms with Crippen molar-refractivity contribution >= 4 is 34.9 Å². The van der Waals surface area contributed by atoms with Crippen molar-refractivity contribution in [1.29, 1.82) is 0 Å². The summed E-state index contributed by atoms with van der Waals surface area (Å²) in [5.74, 6) is -0.159. The normalized spacial score (nSPS) is 16.4. The molecule has 5 nitrogen and oxygen atoms in total. The minimum Gasteiger partial charge on any atom is -0.324 e. The highest BCUT2D eigenvalue weighted by atomic mass is 35.5. The molecule has 3 amide bonds. The first-order valence-electron chi connectivity index (χ1n) is 8.80. The van der Waals surface area contributed by atoms with Gasteiger partial charge in [0.05, 0.1) is 0 Å². The van der Waals surface area contributed by atoms with Gasteiger partial charge >= 0.3 is 6.03 Å². The zero-order chi connectivity index (χ0) is 18.5. The second-order valence-electron chi connectivity index (χ2n) is 6.33. The largest absolute Gasteiger partial charge is 0.324 e. The quantitative estimate of drug-likeness (QED) is 0.828. The Bertz CT molecular complexity index is 792. The summed E-state index contributed by atoms with van der Waals surface area (Å²) in [6.45, 7) is 2.64. The molecule has 136 valence electrons. The zero-order valence-corrected chi connectivity index (χ0v) is 15.4. The van der Waals surface area contributed by atoms with Crippen molar-refractivity contribution in [2.75, 3.05) is 17.2 Å². The minimum absolute atomic E-state index is 0.159. The lowest BCUT2D eigenvalue weighted by Gasteiger charge is -2.24. The number of amides is 3. The summed E-state index contributed by atoms with van der Waals surface area (Å²) in [4.78, 5) is 26.8. The van der Waals surface area contributed by atoms with E-state index in [0.29, 0.717) is 23.7 Å². The Morgan fingerprint density at radius 3 is 2.58 bits per heavy atom. The number of carbonyl (C=O) groups excluding carboxylic acids is 2. The van der Waals surface area contributed by atoms with Gasteiger partial charge in [0.15, 0.2) is 0 Å². The lowest BCUT2D eigenvalue weighted by molar-refractivity contribution is -0.119. The molecule has 1 aliphatic heterocycles. The summed E-state index contributed by atoms with van der Waals surface area (Å²) in [7, 11) is 0. The third-order valence-corrected chi connectivity index (χ3v) is 4.76. The van der Waals surface area contributed by atoms with Crippen molar-refractivity contribution < 1.29 is 9.59 Å². The van der Waals surface area contributed by atoms with Gasteiger partial charge in [0.1, 0.15) is 6.04 Å². The molecule has 1 unspecified atom stereocenters. The molecule has 1 saturated heterocycles. The van der Waals surface area contributed by atoms with Crippen molar-refractivity contribution in [3.63, 3.8) is 0 Å². The van der Waals surface area contributed by atoms with Gasteiger partial charge in [-0.1, -0.05) is 36.7 Å². The molecule has 1 aliphatic rings. The van der Waals surface area contributed by atoms with Gasteiger partial charge in [-0.15, -0.1) is 0 Å². The number of benzene rings is 2. The van der Waals surface area contributed by atoms with E-state index >= 15 is 0 Å². The minimum atomic E-state index is -0.472. The standard InChI is InChI=1S/C20H22ClN3O2/c1-2-14-8-10-16(11-9-14)22-19(25)18-7-4-12-24(18)20(26)23-17-6-3-5-15(21)13-17/h3,5-6,8-11,13,18H,2,4,7,12H2,1H3,(H,22,25)(H,23,26). The molecule has 2 aromatic rings. The van der Waals surface area contributed by atoms with Gasteiger partial charge in [-0.3, -0.25) is 4.79 Å². The predicted octanol–water partition coefficient (Wildman–Crippen LogP) is 4.54. The van der Waals surface area contributed by atoms with Crippen molar-refractivity contribution in [1.82, 2.24) is 4.90 Å². The van der Waals surface area contributed by atoms with Crippen LogP contribution in [0.1, 0.15) is 25.3 Å². The Kier molecular flexibility index (Phi) is 5.78. The van der Waals surface area contributed by atoms with E-state index < -0.39 is 6.04 Å². The summed E-state index contributed by atoms with van der Waals surface area (Å²) in [5.41, 5.74) is 2.57.